The van der Waals surface area contributed by atoms with E-state index in [-0.39, 0.29) is 31.1 Å². The second-order valence-electron chi connectivity index (χ2n) is 20.2. The summed E-state index contributed by atoms with van der Waals surface area (Å²) in [5.74, 6) is -0.988. The Morgan fingerprint density at radius 1 is 0.266 bits per heavy atom. The fourth-order valence-electron chi connectivity index (χ4n) is 8.01. The lowest BCUT2D eigenvalue weighted by molar-refractivity contribution is -0.167. The van der Waals surface area contributed by atoms with Gasteiger partial charge in [-0.2, -0.15) is 0 Å². The number of carbonyl (C=O) groups excluding carboxylic acids is 3. The zero-order chi connectivity index (χ0) is 57.1. The third-order valence-electron chi connectivity index (χ3n) is 12.7. The molecule has 0 spiro atoms. The first kappa shape index (κ1) is 73.8. The third-order valence-corrected chi connectivity index (χ3v) is 12.7. The predicted molar refractivity (Wildman–Crippen MR) is 343 cm³/mol. The lowest BCUT2D eigenvalue weighted by Gasteiger charge is -2.18. The Hall–Kier alpha value is -5.23. The molecule has 6 nitrogen and oxygen atoms in total. The minimum atomic E-state index is -0.821. The van der Waals surface area contributed by atoms with Crippen LogP contribution >= 0.6 is 0 Å². The fraction of sp³-hybridized carbons (Fsp3) is 0.575. The highest BCUT2D eigenvalue weighted by Crippen LogP contribution is 2.13. The molecule has 0 aliphatic carbocycles. The zero-order valence-electron chi connectivity index (χ0n) is 50.6. The van der Waals surface area contributed by atoms with Crippen LogP contribution in [0.15, 0.2) is 170 Å². The molecule has 1 atom stereocenters. The normalized spacial score (nSPS) is 13.3. The van der Waals surface area contributed by atoms with Crippen molar-refractivity contribution in [2.75, 3.05) is 13.2 Å². The highest BCUT2D eigenvalue weighted by atomic mass is 16.6. The molecule has 0 heterocycles. The number of unbranched alkanes of at least 4 members (excludes halogenated alkanes) is 16. The van der Waals surface area contributed by atoms with Gasteiger partial charge in [0.05, 0.1) is 0 Å². The van der Waals surface area contributed by atoms with Gasteiger partial charge in [-0.05, 0) is 154 Å². The quantitative estimate of drug-likeness (QED) is 0.0261. The Balaban J connectivity index is 4.55. The fourth-order valence-corrected chi connectivity index (χ4v) is 8.01. The van der Waals surface area contributed by atoms with Crippen molar-refractivity contribution >= 4 is 17.9 Å². The van der Waals surface area contributed by atoms with Crippen molar-refractivity contribution in [2.24, 2.45) is 0 Å². The van der Waals surface area contributed by atoms with Crippen LogP contribution in [-0.2, 0) is 28.6 Å². The van der Waals surface area contributed by atoms with Gasteiger partial charge in [-0.15, -0.1) is 0 Å². The molecule has 0 aliphatic rings. The largest absolute Gasteiger partial charge is 0.462 e. The molecule has 0 aromatic rings. The van der Waals surface area contributed by atoms with Crippen LogP contribution in [0, 0.1) is 0 Å². The monoisotopic (exact) mass is 1090 g/mol. The average Bonchev–Trinajstić information content (AvgIpc) is 3.45. The van der Waals surface area contributed by atoms with Gasteiger partial charge in [0, 0.05) is 19.3 Å². The maximum absolute atomic E-state index is 12.9. The maximum Gasteiger partial charge on any atom is 0.306 e. The summed E-state index contributed by atoms with van der Waals surface area (Å²) in [6.45, 7) is 6.32. The van der Waals surface area contributed by atoms with Gasteiger partial charge in [0.25, 0.3) is 0 Å². The summed E-state index contributed by atoms with van der Waals surface area (Å²) in [6, 6.07) is 0. The van der Waals surface area contributed by atoms with E-state index in [1.54, 1.807) is 0 Å². The van der Waals surface area contributed by atoms with Crippen LogP contribution in [-0.4, -0.2) is 37.2 Å². The predicted octanol–water partition coefficient (Wildman–Crippen LogP) is 21.9. The summed E-state index contributed by atoms with van der Waals surface area (Å²) >= 11 is 0. The van der Waals surface area contributed by atoms with Crippen molar-refractivity contribution in [3.05, 3.63) is 170 Å². The Labute approximate surface area is 485 Å². The van der Waals surface area contributed by atoms with E-state index >= 15 is 0 Å². The summed E-state index contributed by atoms with van der Waals surface area (Å²) in [5, 5.41) is 0. The molecule has 0 radical (unpaired) electrons. The average molecular weight is 1090 g/mol. The molecule has 0 bridgehead atoms. The lowest BCUT2D eigenvalue weighted by atomic mass is 10.1. The Bertz CT molecular complexity index is 1820. The maximum atomic E-state index is 12.9. The third kappa shape index (κ3) is 63.5. The molecule has 0 amide bonds. The van der Waals surface area contributed by atoms with E-state index in [1.807, 2.05) is 0 Å². The summed E-state index contributed by atoms with van der Waals surface area (Å²) in [5.41, 5.74) is 0. The summed E-state index contributed by atoms with van der Waals surface area (Å²) < 4.78 is 16.9. The molecule has 0 aromatic heterocycles. The Kier molecular flexibility index (Phi) is 61.0. The van der Waals surface area contributed by atoms with E-state index in [9.17, 15) is 14.4 Å². The second kappa shape index (κ2) is 65.3. The molecule has 0 fully saturated rings. The van der Waals surface area contributed by atoms with E-state index in [1.165, 1.54) is 38.5 Å². The van der Waals surface area contributed by atoms with Crippen molar-refractivity contribution < 1.29 is 28.6 Å². The van der Waals surface area contributed by atoms with Crippen LogP contribution in [0.4, 0.5) is 0 Å². The molecule has 6 heteroatoms. The molecule has 79 heavy (non-hydrogen) atoms. The van der Waals surface area contributed by atoms with Crippen molar-refractivity contribution in [1.29, 1.82) is 0 Å². The number of esters is 3. The molecule has 442 valence electrons. The van der Waals surface area contributed by atoms with Crippen LogP contribution in [0.1, 0.15) is 252 Å². The van der Waals surface area contributed by atoms with Crippen LogP contribution < -0.4 is 0 Å². The molecule has 0 saturated carbocycles. The van der Waals surface area contributed by atoms with Crippen molar-refractivity contribution in [1.82, 2.24) is 0 Å². The molecule has 0 aromatic carbocycles. The van der Waals surface area contributed by atoms with Gasteiger partial charge in [0.2, 0.25) is 0 Å². The highest BCUT2D eigenvalue weighted by Gasteiger charge is 2.19. The van der Waals surface area contributed by atoms with Crippen LogP contribution in [0.3, 0.4) is 0 Å². The van der Waals surface area contributed by atoms with E-state index in [2.05, 4.69) is 191 Å². The summed E-state index contributed by atoms with van der Waals surface area (Å²) in [4.78, 5) is 38.3. The van der Waals surface area contributed by atoms with Gasteiger partial charge in [-0.25, -0.2) is 0 Å². The number of hydrogen-bond donors (Lipinski definition) is 0. The topological polar surface area (TPSA) is 78.9 Å². The van der Waals surface area contributed by atoms with Crippen LogP contribution in [0.25, 0.3) is 0 Å². The summed E-state index contributed by atoms with van der Waals surface area (Å²) in [7, 11) is 0. The zero-order valence-corrected chi connectivity index (χ0v) is 50.6. The van der Waals surface area contributed by atoms with E-state index in [0.717, 1.165) is 173 Å². The van der Waals surface area contributed by atoms with Gasteiger partial charge < -0.3 is 14.2 Å². The number of hydrogen-bond acceptors (Lipinski definition) is 6. The minimum Gasteiger partial charge on any atom is -0.462 e. The number of ether oxygens (including phenoxy) is 3. The van der Waals surface area contributed by atoms with Crippen molar-refractivity contribution in [2.45, 2.75) is 258 Å². The SMILES string of the molecule is CC/C=C\C/C=C\C/C=C\C/C=C\C/C=C\C/C=C\C/C=C\CCCCCC(=O)OCC(COC(=O)CCCCCC/C=C\C/C=C\C/C=C\C/C=C\CC)OC(=O)CCCCCCCC/C=C\C/C=C\C/C=C\CCCCC. The molecule has 0 rings (SSSR count). The highest BCUT2D eigenvalue weighted by molar-refractivity contribution is 5.71. The smallest absolute Gasteiger partial charge is 0.306 e. The van der Waals surface area contributed by atoms with Crippen LogP contribution in [0.5, 0.6) is 0 Å². The van der Waals surface area contributed by atoms with Gasteiger partial charge in [0.1, 0.15) is 13.2 Å². The first-order valence-corrected chi connectivity index (χ1v) is 31.6. The molecule has 0 N–H and O–H groups in total. The van der Waals surface area contributed by atoms with E-state index in [4.69, 9.17) is 14.2 Å². The second-order valence-corrected chi connectivity index (χ2v) is 20.2. The summed E-state index contributed by atoms with van der Waals surface area (Å²) in [6.07, 6.45) is 96.3. The van der Waals surface area contributed by atoms with E-state index in [0.29, 0.717) is 19.3 Å². The molecule has 0 aliphatic heterocycles. The molecule has 0 saturated heterocycles. The van der Waals surface area contributed by atoms with Gasteiger partial charge >= 0.3 is 17.9 Å². The number of carbonyl (C=O) groups is 3. The van der Waals surface area contributed by atoms with Gasteiger partial charge in [-0.1, -0.05) is 249 Å². The van der Waals surface area contributed by atoms with E-state index < -0.39 is 6.10 Å². The number of rotatable bonds is 55. The minimum absolute atomic E-state index is 0.115. The lowest BCUT2D eigenvalue weighted by Crippen LogP contribution is -2.30. The van der Waals surface area contributed by atoms with Crippen LogP contribution in [0.2, 0.25) is 0 Å². The number of allylic oxidation sites excluding steroid dienone is 28. The Morgan fingerprint density at radius 2 is 0.494 bits per heavy atom. The van der Waals surface area contributed by atoms with Gasteiger partial charge in [0.15, 0.2) is 6.10 Å². The first-order chi connectivity index (χ1) is 39.0. The molecular formula is C73H114O6. The van der Waals surface area contributed by atoms with Crippen molar-refractivity contribution in [3.63, 3.8) is 0 Å². The van der Waals surface area contributed by atoms with Gasteiger partial charge in [-0.3, -0.25) is 14.4 Å². The molecular weight excluding hydrogens is 973 g/mol. The molecule has 1 unspecified atom stereocenters. The standard InChI is InChI=1S/C73H114O6/c1-4-7-10-13-16-19-22-25-28-31-33-34-35-36-37-38-40-42-45-48-51-54-57-60-63-66-72(75)78-69-70(68-77-71(74)65-62-59-56-53-50-47-44-41-30-27-24-21-18-15-12-9-6-3)79-73(76)67-64-61-58-55-52-49-46-43-39-32-29-26-23-20-17-14-11-8-5-2/h7,9-10,12,16-21,25-30,33-34,36-37,39-40,42-44,47-48,51,70H,4-6,8,11,13-15,22-24,31-32,35,38,41,45-46,49-50,52-69H2,1-3H3/b10-7-,12-9-,19-16-,20-17-,21-18-,28-25-,29-26-,30-27-,34-33-,37-36-,42-40-,43-39-,47-44-,51-48-. The Morgan fingerprint density at radius 3 is 0.785 bits per heavy atom. The van der Waals surface area contributed by atoms with Crippen molar-refractivity contribution in [3.8, 4) is 0 Å². The first-order valence-electron chi connectivity index (χ1n) is 31.6.